The number of aryl methyl sites for hydroxylation is 1. The van der Waals surface area contributed by atoms with Crippen LogP contribution in [0.2, 0.25) is 0 Å². The molecule has 0 aromatic carbocycles. The van der Waals surface area contributed by atoms with Crippen LogP contribution in [0.3, 0.4) is 0 Å². The predicted molar refractivity (Wildman–Crippen MR) is 80.8 cm³/mol. The van der Waals surface area contributed by atoms with Crippen LogP contribution in [0.1, 0.15) is 51.9 Å². The smallest absolute Gasteiger partial charge is 0.339 e. The molecule has 5 heteroatoms. The minimum atomic E-state index is -0.396. The maximum atomic E-state index is 12.5. The number of piperidine rings is 1. The van der Waals surface area contributed by atoms with Gasteiger partial charge in [0, 0.05) is 5.69 Å². The largest absolute Gasteiger partial charge is 0.465 e. The minimum Gasteiger partial charge on any atom is -0.465 e. The molecule has 0 atom stereocenters. The molecule has 1 N–H and O–H groups in total. The fraction of sp³-hybridized carbons (Fsp3) is 0.625. The first kappa shape index (κ1) is 15.8. The summed E-state index contributed by atoms with van der Waals surface area (Å²) in [6, 6.07) is 0. The summed E-state index contributed by atoms with van der Waals surface area (Å²) in [4.78, 5) is 29.5. The fourth-order valence-corrected chi connectivity index (χ4v) is 2.94. The first-order valence-electron chi connectivity index (χ1n) is 7.47. The number of likely N-dealkylation sites (tertiary alicyclic amines) is 1. The van der Waals surface area contributed by atoms with Crippen LogP contribution in [0.25, 0.3) is 0 Å². The lowest BCUT2D eigenvalue weighted by molar-refractivity contribution is 0.0599. The number of carbonyl (C=O) groups is 2. The molecule has 0 spiro atoms. The van der Waals surface area contributed by atoms with Gasteiger partial charge in [-0.05, 0) is 51.3 Å². The molecule has 1 aromatic rings. The van der Waals surface area contributed by atoms with Gasteiger partial charge >= 0.3 is 5.97 Å². The van der Waals surface area contributed by atoms with Crippen molar-refractivity contribution in [3.8, 4) is 0 Å². The summed E-state index contributed by atoms with van der Waals surface area (Å²) in [6.45, 7) is 8.18. The van der Waals surface area contributed by atoms with Gasteiger partial charge in [0.15, 0.2) is 5.78 Å². The van der Waals surface area contributed by atoms with E-state index in [1.165, 1.54) is 7.11 Å². The van der Waals surface area contributed by atoms with E-state index in [1.54, 1.807) is 13.8 Å². The molecule has 0 unspecified atom stereocenters. The zero-order valence-corrected chi connectivity index (χ0v) is 13.3. The lowest BCUT2D eigenvalue weighted by Gasteiger charge is -2.29. The first-order valence-corrected chi connectivity index (χ1v) is 7.47. The van der Waals surface area contributed by atoms with E-state index in [4.69, 9.17) is 4.74 Å². The number of aromatic amines is 1. The molecular weight excluding hydrogens is 268 g/mol. The number of aromatic nitrogens is 1. The van der Waals surface area contributed by atoms with Gasteiger partial charge < -0.3 is 9.72 Å². The lowest BCUT2D eigenvalue weighted by atomic mass is 9.99. The van der Waals surface area contributed by atoms with Crippen LogP contribution in [-0.2, 0) is 4.74 Å². The van der Waals surface area contributed by atoms with Crippen LogP contribution in [-0.4, -0.2) is 48.4 Å². The molecule has 0 amide bonds. The quantitative estimate of drug-likeness (QED) is 0.683. The van der Waals surface area contributed by atoms with Crippen molar-refractivity contribution >= 4 is 11.8 Å². The summed E-state index contributed by atoms with van der Waals surface area (Å²) in [5.74, 6) is 0.393. The van der Waals surface area contributed by atoms with Gasteiger partial charge in [-0.15, -0.1) is 0 Å². The third kappa shape index (κ3) is 3.35. The van der Waals surface area contributed by atoms with E-state index < -0.39 is 5.97 Å². The van der Waals surface area contributed by atoms with E-state index in [-0.39, 0.29) is 5.78 Å². The Balaban J connectivity index is 2.11. The van der Waals surface area contributed by atoms with Crippen LogP contribution in [0.5, 0.6) is 0 Å². The second-order valence-corrected chi connectivity index (χ2v) is 6.00. The molecule has 2 rings (SSSR count). The van der Waals surface area contributed by atoms with Crippen molar-refractivity contribution in [2.45, 2.75) is 33.6 Å². The summed E-state index contributed by atoms with van der Waals surface area (Å²) in [7, 11) is 1.35. The highest BCUT2D eigenvalue weighted by atomic mass is 16.5. The average molecular weight is 292 g/mol. The molecule has 21 heavy (non-hydrogen) atoms. The molecule has 116 valence electrons. The van der Waals surface area contributed by atoms with Crippen LogP contribution in [0.4, 0.5) is 0 Å². The molecule has 0 saturated carbocycles. The van der Waals surface area contributed by atoms with Crippen molar-refractivity contribution in [2.24, 2.45) is 5.92 Å². The Kier molecular flexibility index (Phi) is 4.83. The van der Waals surface area contributed by atoms with Gasteiger partial charge in [-0.3, -0.25) is 9.69 Å². The second-order valence-electron chi connectivity index (χ2n) is 6.00. The number of methoxy groups -OCH3 is 1. The van der Waals surface area contributed by atoms with Gasteiger partial charge in [0.05, 0.1) is 24.9 Å². The Hall–Kier alpha value is -1.62. The zero-order chi connectivity index (χ0) is 15.6. The zero-order valence-electron chi connectivity index (χ0n) is 13.3. The monoisotopic (exact) mass is 292 g/mol. The Morgan fingerprint density at radius 3 is 2.48 bits per heavy atom. The van der Waals surface area contributed by atoms with E-state index in [1.807, 2.05) is 0 Å². The van der Waals surface area contributed by atoms with Crippen LogP contribution in [0, 0.1) is 19.8 Å². The highest BCUT2D eigenvalue weighted by Gasteiger charge is 2.24. The van der Waals surface area contributed by atoms with Crippen molar-refractivity contribution < 1.29 is 14.3 Å². The van der Waals surface area contributed by atoms with E-state index >= 15 is 0 Å². The van der Waals surface area contributed by atoms with E-state index in [0.29, 0.717) is 29.1 Å². The molecular formula is C16H24N2O3. The molecule has 1 saturated heterocycles. The van der Waals surface area contributed by atoms with Gasteiger partial charge in [0.1, 0.15) is 0 Å². The first-order chi connectivity index (χ1) is 9.93. The maximum absolute atomic E-state index is 12.5. The number of nitrogens with one attached hydrogen (secondary N) is 1. The molecule has 0 radical (unpaired) electrons. The number of nitrogens with zero attached hydrogens (tertiary/aromatic N) is 1. The molecule has 1 aromatic heterocycles. The lowest BCUT2D eigenvalue weighted by Crippen LogP contribution is -2.37. The molecule has 5 nitrogen and oxygen atoms in total. The van der Waals surface area contributed by atoms with E-state index in [2.05, 4.69) is 16.8 Å². The van der Waals surface area contributed by atoms with Crippen molar-refractivity contribution in [2.75, 3.05) is 26.7 Å². The van der Waals surface area contributed by atoms with Gasteiger partial charge in [-0.2, -0.15) is 0 Å². The number of hydrogen-bond acceptors (Lipinski definition) is 4. The third-order valence-corrected chi connectivity index (χ3v) is 4.35. The summed E-state index contributed by atoms with van der Waals surface area (Å²) in [5.41, 5.74) is 2.39. The summed E-state index contributed by atoms with van der Waals surface area (Å²) in [5, 5.41) is 0. The van der Waals surface area contributed by atoms with Gasteiger partial charge in [0.2, 0.25) is 0 Å². The van der Waals surface area contributed by atoms with E-state index in [9.17, 15) is 9.59 Å². The number of ketones is 1. The van der Waals surface area contributed by atoms with Gasteiger partial charge in [-0.1, -0.05) is 6.92 Å². The second kappa shape index (κ2) is 6.43. The van der Waals surface area contributed by atoms with Crippen molar-refractivity contribution in [1.29, 1.82) is 0 Å². The number of esters is 1. The number of hydrogen-bond donors (Lipinski definition) is 1. The molecule has 1 fully saturated rings. The Morgan fingerprint density at radius 2 is 1.90 bits per heavy atom. The highest BCUT2D eigenvalue weighted by molar-refractivity contribution is 6.02. The fourth-order valence-electron chi connectivity index (χ4n) is 2.94. The molecule has 2 heterocycles. The van der Waals surface area contributed by atoms with Crippen molar-refractivity contribution in [1.82, 2.24) is 9.88 Å². The van der Waals surface area contributed by atoms with Gasteiger partial charge in [-0.25, -0.2) is 4.79 Å². The Bertz CT molecular complexity index is 540. The number of Topliss-reactive ketones (excluding diaryl/α,β-unsaturated/α-hetero) is 1. The number of H-pyrrole nitrogens is 1. The highest BCUT2D eigenvalue weighted by Crippen LogP contribution is 2.21. The molecule has 1 aliphatic heterocycles. The van der Waals surface area contributed by atoms with Crippen LogP contribution < -0.4 is 0 Å². The van der Waals surface area contributed by atoms with Crippen LogP contribution >= 0.6 is 0 Å². The van der Waals surface area contributed by atoms with Gasteiger partial charge in [0.25, 0.3) is 0 Å². The topological polar surface area (TPSA) is 62.4 Å². The minimum absolute atomic E-state index is 0.0420. The van der Waals surface area contributed by atoms with E-state index in [0.717, 1.165) is 31.8 Å². The summed E-state index contributed by atoms with van der Waals surface area (Å²) in [6.07, 6.45) is 2.28. The Labute approximate surface area is 125 Å². The molecule has 0 aliphatic carbocycles. The number of carbonyl (C=O) groups excluding carboxylic acids is 2. The maximum Gasteiger partial charge on any atom is 0.339 e. The molecule has 1 aliphatic rings. The van der Waals surface area contributed by atoms with Crippen molar-refractivity contribution in [3.05, 3.63) is 22.5 Å². The SMILES string of the molecule is COC(=O)c1c(C)[nH]c(C(=O)CN2CCC(C)CC2)c1C. The third-order valence-electron chi connectivity index (χ3n) is 4.35. The average Bonchev–Trinajstić information content (AvgIpc) is 2.76. The Morgan fingerprint density at radius 1 is 1.29 bits per heavy atom. The standard InChI is InChI=1S/C16H24N2O3/c1-10-5-7-18(8-6-10)9-13(19)15-11(2)14(12(3)17-15)16(20)21-4/h10,17H,5-9H2,1-4H3. The van der Waals surface area contributed by atoms with Crippen LogP contribution in [0.15, 0.2) is 0 Å². The molecule has 0 bridgehead atoms. The van der Waals surface area contributed by atoms with Crippen molar-refractivity contribution in [3.63, 3.8) is 0 Å². The number of rotatable bonds is 4. The summed E-state index contributed by atoms with van der Waals surface area (Å²) >= 11 is 0. The summed E-state index contributed by atoms with van der Waals surface area (Å²) < 4.78 is 4.77. The normalized spacial score (nSPS) is 17.0. The number of ether oxygens (including phenoxy) is 1. The predicted octanol–water partition coefficient (Wildman–Crippen LogP) is 2.33.